The number of methoxy groups -OCH3 is 1. The van der Waals surface area contributed by atoms with Gasteiger partial charge in [-0.15, -0.1) is 0 Å². The van der Waals surface area contributed by atoms with Gasteiger partial charge in [0.05, 0.1) is 24.9 Å². The predicted molar refractivity (Wildman–Crippen MR) is 76.6 cm³/mol. The first-order valence-corrected chi connectivity index (χ1v) is 6.35. The first kappa shape index (κ1) is 12.4. The van der Waals surface area contributed by atoms with Crippen molar-refractivity contribution in [3.05, 3.63) is 66.1 Å². The van der Waals surface area contributed by atoms with Gasteiger partial charge in [0.25, 0.3) is 0 Å². The number of hydrogen-bond donors (Lipinski definition) is 0. The Bertz CT molecular complexity index is 745. The van der Waals surface area contributed by atoms with Gasteiger partial charge < -0.3 is 9.30 Å². The average molecular weight is 266 g/mol. The molecule has 0 amide bonds. The summed E-state index contributed by atoms with van der Waals surface area (Å²) in [6.07, 6.45) is 3.59. The van der Waals surface area contributed by atoms with E-state index in [1.807, 2.05) is 24.4 Å². The van der Waals surface area contributed by atoms with Crippen molar-refractivity contribution >= 4 is 16.9 Å². The largest absolute Gasteiger partial charge is 0.465 e. The Morgan fingerprint density at radius 2 is 2.05 bits per heavy atom. The van der Waals surface area contributed by atoms with Gasteiger partial charge in [-0.3, -0.25) is 4.98 Å². The van der Waals surface area contributed by atoms with Gasteiger partial charge in [0.2, 0.25) is 0 Å². The Balaban J connectivity index is 1.86. The van der Waals surface area contributed by atoms with Gasteiger partial charge in [-0.1, -0.05) is 18.2 Å². The topological polar surface area (TPSA) is 44.1 Å². The third kappa shape index (κ3) is 2.28. The van der Waals surface area contributed by atoms with Crippen LogP contribution in [0.3, 0.4) is 0 Å². The van der Waals surface area contributed by atoms with E-state index in [0.717, 1.165) is 5.69 Å². The zero-order valence-electron chi connectivity index (χ0n) is 11.1. The van der Waals surface area contributed by atoms with Crippen LogP contribution in [-0.2, 0) is 11.3 Å². The van der Waals surface area contributed by atoms with E-state index in [1.54, 1.807) is 12.3 Å². The molecule has 0 atom stereocenters. The van der Waals surface area contributed by atoms with E-state index < -0.39 is 0 Å². The molecule has 0 aliphatic rings. The van der Waals surface area contributed by atoms with E-state index in [0.29, 0.717) is 12.1 Å². The molecule has 4 heteroatoms. The van der Waals surface area contributed by atoms with Crippen molar-refractivity contribution in [1.82, 2.24) is 9.55 Å². The molecule has 0 fully saturated rings. The van der Waals surface area contributed by atoms with Crippen LogP contribution in [0.25, 0.3) is 10.9 Å². The van der Waals surface area contributed by atoms with Gasteiger partial charge in [0.1, 0.15) is 0 Å². The van der Waals surface area contributed by atoms with E-state index in [2.05, 4.69) is 32.5 Å². The standard InChI is InChI=1S/C16H14N2O2/c1-20-16(19)13-6-7-14(17-10-13)11-18-9-8-12-4-2-3-5-15(12)18/h2-10H,11H2,1H3. The minimum absolute atomic E-state index is 0.365. The fourth-order valence-electron chi connectivity index (χ4n) is 2.21. The van der Waals surface area contributed by atoms with E-state index in [1.165, 1.54) is 18.0 Å². The molecule has 1 aromatic carbocycles. The monoisotopic (exact) mass is 266 g/mol. The van der Waals surface area contributed by atoms with E-state index in [-0.39, 0.29) is 5.97 Å². The van der Waals surface area contributed by atoms with Crippen LogP contribution in [0, 0.1) is 0 Å². The fourth-order valence-corrected chi connectivity index (χ4v) is 2.21. The average Bonchev–Trinajstić information content (AvgIpc) is 2.91. The molecule has 0 saturated carbocycles. The number of aromatic nitrogens is 2. The molecule has 0 bridgehead atoms. The van der Waals surface area contributed by atoms with Crippen LogP contribution < -0.4 is 0 Å². The van der Waals surface area contributed by atoms with Gasteiger partial charge >= 0.3 is 5.97 Å². The molecule has 4 nitrogen and oxygen atoms in total. The van der Waals surface area contributed by atoms with Crippen molar-refractivity contribution in [1.29, 1.82) is 0 Å². The molecular formula is C16H14N2O2. The third-order valence-corrected chi connectivity index (χ3v) is 3.26. The number of benzene rings is 1. The Morgan fingerprint density at radius 1 is 1.20 bits per heavy atom. The summed E-state index contributed by atoms with van der Waals surface area (Å²) in [5.74, 6) is -0.365. The van der Waals surface area contributed by atoms with Crippen molar-refractivity contribution < 1.29 is 9.53 Å². The molecule has 0 radical (unpaired) electrons. The highest BCUT2D eigenvalue weighted by Gasteiger charge is 2.06. The highest BCUT2D eigenvalue weighted by Crippen LogP contribution is 2.16. The number of fused-ring (bicyclic) bond motifs is 1. The molecule has 0 N–H and O–H groups in total. The second-order valence-electron chi connectivity index (χ2n) is 4.53. The summed E-state index contributed by atoms with van der Waals surface area (Å²) in [7, 11) is 1.36. The molecule has 0 unspecified atom stereocenters. The maximum Gasteiger partial charge on any atom is 0.339 e. The van der Waals surface area contributed by atoms with Crippen LogP contribution in [0.15, 0.2) is 54.9 Å². The maximum absolute atomic E-state index is 11.3. The summed E-state index contributed by atoms with van der Waals surface area (Å²) in [4.78, 5) is 15.7. The minimum Gasteiger partial charge on any atom is -0.465 e. The lowest BCUT2D eigenvalue weighted by molar-refractivity contribution is 0.0600. The lowest BCUT2D eigenvalue weighted by Crippen LogP contribution is -2.04. The summed E-state index contributed by atoms with van der Waals surface area (Å²) < 4.78 is 6.79. The van der Waals surface area contributed by atoms with E-state index in [9.17, 15) is 4.79 Å². The van der Waals surface area contributed by atoms with Gasteiger partial charge in [-0.05, 0) is 29.7 Å². The SMILES string of the molecule is COC(=O)c1ccc(Cn2ccc3ccccc32)nc1. The summed E-state index contributed by atoms with van der Waals surface area (Å²) in [6, 6.07) is 13.9. The molecule has 2 aromatic heterocycles. The van der Waals surface area contributed by atoms with Crippen molar-refractivity contribution in [2.24, 2.45) is 0 Å². The number of rotatable bonds is 3. The Morgan fingerprint density at radius 3 is 2.80 bits per heavy atom. The highest BCUT2D eigenvalue weighted by atomic mass is 16.5. The Hall–Kier alpha value is -2.62. The zero-order valence-corrected chi connectivity index (χ0v) is 11.1. The molecule has 0 saturated heterocycles. The lowest BCUT2D eigenvalue weighted by Gasteiger charge is -2.05. The number of esters is 1. The molecule has 100 valence electrons. The quantitative estimate of drug-likeness (QED) is 0.685. The first-order valence-electron chi connectivity index (χ1n) is 6.35. The zero-order chi connectivity index (χ0) is 13.9. The summed E-state index contributed by atoms with van der Waals surface area (Å²) in [5.41, 5.74) is 2.54. The Kier molecular flexibility index (Phi) is 3.21. The number of nitrogens with zero attached hydrogens (tertiary/aromatic N) is 2. The molecule has 20 heavy (non-hydrogen) atoms. The van der Waals surface area contributed by atoms with Crippen LogP contribution in [0.1, 0.15) is 16.1 Å². The van der Waals surface area contributed by atoms with Crippen molar-refractivity contribution in [2.45, 2.75) is 6.54 Å². The van der Waals surface area contributed by atoms with E-state index in [4.69, 9.17) is 0 Å². The van der Waals surface area contributed by atoms with Crippen molar-refractivity contribution in [2.75, 3.05) is 7.11 Å². The van der Waals surface area contributed by atoms with E-state index >= 15 is 0 Å². The van der Waals surface area contributed by atoms with Gasteiger partial charge in [0.15, 0.2) is 0 Å². The molecule has 3 rings (SSSR count). The van der Waals surface area contributed by atoms with Crippen LogP contribution in [0.2, 0.25) is 0 Å². The van der Waals surface area contributed by atoms with Gasteiger partial charge in [0, 0.05) is 17.9 Å². The molecule has 2 heterocycles. The maximum atomic E-state index is 11.3. The van der Waals surface area contributed by atoms with Gasteiger partial charge in [-0.2, -0.15) is 0 Å². The summed E-state index contributed by atoms with van der Waals surface area (Å²) >= 11 is 0. The second kappa shape index (κ2) is 5.17. The number of ether oxygens (including phenoxy) is 1. The number of carbonyl (C=O) groups is 1. The van der Waals surface area contributed by atoms with Crippen LogP contribution in [-0.4, -0.2) is 22.6 Å². The summed E-state index contributed by atoms with van der Waals surface area (Å²) in [5, 5.41) is 1.21. The number of carbonyl (C=O) groups excluding carboxylic acids is 1. The third-order valence-electron chi connectivity index (χ3n) is 3.26. The van der Waals surface area contributed by atoms with Crippen LogP contribution in [0.5, 0.6) is 0 Å². The number of pyridine rings is 1. The molecule has 3 aromatic rings. The second-order valence-corrected chi connectivity index (χ2v) is 4.53. The number of para-hydroxylation sites is 1. The van der Waals surface area contributed by atoms with Crippen LogP contribution in [0.4, 0.5) is 0 Å². The minimum atomic E-state index is -0.365. The normalized spacial score (nSPS) is 10.7. The molecule has 0 aliphatic heterocycles. The Labute approximate surface area is 116 Å². The predicted octanol–water partition coefficient (Wildman–Crippen LogP) is 2.87. The van der Waals surface area contributed by atoms with Crippen molar-refractivity contribution in [3.63, 3.8) is 0 Å². The van der Waals surface area contributed by atoms with Gasteiger partial charge in [-0.25, -0.2) is 4.79 Å². The highest BCUT2D eigenvalue weighted by molar-refractivity contribution is 5.88. The smallest absolute Gasteiger partial charge is 0.339 e. The summed E-state index contributed by atoms with van der Waals surface area (Å²) in [6.45, 7) is 0.676. The first-order chi connectivity index (χ1) is 9.78. The lowest BCUT2D eigenvalue weighted by atomic mass is 10.2. The number of hydrogen-bond acceptors (Lipinski definition) is 3. The fraction of sp³-hybridized carbons (Fsp3) is 0.125. The molecule has 0 aliphatic carbocycles. The molecule has 0 spiro atoms. The molecular weight excluding hydrogens is 252 g/mol. The van der Waals surface area contributed by atoms with Crippen LogP contribution >= 0.6 is 0 Å². The van der Waals surface area contributed by atoms with Crippen molar-refractivity contribution in [3.8, 4) is 0 Å².